The topological polar surface area (TPSA) is 135 Å². The van der Waals surface area contributed by atoms with Gasteiger partial charge in [-0.3, -0.25) is 4.98 Å². The lowest BCUT2D eigenvalue weighted by Crippen LogP contribution is -2.03. The molecule has 5 rings (SSSR count). The molecule has 0 aliphatic carbocycles. The number of rotatable bonds is 4. The Bertz CT molecular complexity index is 1420. The van der Waals surface area contributed by atoms with Crippen LogP contribution in [0.5, 0.6) is 0 Å². The van der Waals surface area contributed by atoms with Crippen molar-refractivity contribution < 1.29 is 8.94 Å². The molecule has 0 bridgehead atoms. The molecule has 0 atom stereocenters. The number of hydrogen-bond donors (Lipinski definition) is 3. The highest BCUT2D eigenvalue weighted by Crippen LogP contribution is 2.24. The second-order valence-corrected chi connectivity index (χ2v) is 6.55. The number of aromatic amines is 1. The molecular weight excluding hydrogens is 374 g/mol. The van der Waals surface area contributed by atoms with Crippen LogP contribution in [0.4, 0.5) is 23.1 Å². The van der Waals surface area contributed by atoms with Crippen LogP contribution in [0.25, 0.3) is 22.2 Å². The van der Waals surface area contributed by atoms with Crippen LogP contribution in [0.15, 0.2) is 50.4 Å². The molecule has 0 radical (unpaired) electrons. The molecule has 144 valence electrons. The van der Waals surface area contributed by atoms with Crippen molar-refractivity contribution in [2.45, 2.75) is 13.8 Å². The zero-order valence-electron chi connectivity index (χ0n) is 15.5. The fraction of sp³-hybridized carbons (Fsp3) is 0.105. The molecule has 0 unspecified atom stereocenters. The molecule has 29 heavy (non-hydrogen) atoms. The van der Waals surface area contributed by atoms with E-state index < -0.39 is 5.76 Å². The lowest BCUT2D eigenvalue weighted by Gasteiger charge is -2.11. The predicted molar refractivity (Wildman–Crippen MR) is 107 cm³/mol. The molecule has 0 aliphatic heterocycles. The molecule has 0 saturated heterocycles. The van der Waals surface area contributed by atoms with Crippen LogP contribution in [0, 0.1) is 13.8 Å². The van der Waals surface area contributed by atoms with Gasteiger partial charge in [0.1, 0.15) is 5.82 Å². The number of H-pyrrole nitrogens is 1. The molecule has 4 heterocycles. The Kier molecular flexibility index (Phi) is 3.76. The summed E-state index contributed by atoms with van der Waals surface area (Å²) in [5, 5.41) is 11.1. The molecule has 10 heteroatoms. The van der Waals surface area contributed by atoms with E-state index in [9.17, 15) is 4.79 Å². The summed E-state index contributed by atoms with van der Waals surface area (Å²) < 4.78 is 10.2. The number of fused-ring (bicyclic) bond motifs is 2. The molecule has 1 aromatic carbocycles. The van der Waals surface area contributed by atoms with Crippen molar-refractivity contribution >= 4 is 45.3 Å². The lowest BCUT2D eigenvalue weighted by molar-refractivity contribution is 0.443. The van der Waals surface area contributed by atoms with Crippen LogP contribution >= 0.6 is 0 Å². The second kappa shape index (κ2) is 6.44. The van der Waals surface area contributed by atoms with Crippen molar-refractivity contribution in [3.63, 3.8) is 0 Å². The molecular formula is C19H15N7O3. The van der Waals surface area contributed by atoms with Gasteiger partial charge in [0.2, 0.25) is 5.95 Å². The van der Waals surface area contributed by atoms with Crippen LogP contribution in [0.3, 0.4) is 0 Å². The van der Waals surface area contributed by atoms with Crippen LogP contribution < -0.4 is 16.4 Å². The van der Waals surface area contributed by atoms with Crippen molar-refractivity contribution in [3.8, 4) is 0 Å². The number of oxazole rings is 1. The van der Waals surface area contributed by atoms with Gasteiger partial charge < -0.3 is 19.6 Å². The summed E-state index contributed by atoms with van der Waals surface area (Å²) in [6.45, 7) is 3.75. The Morgan fingerprint density at radius 2 is 1.93 bits per heavy atom. The Balaban J connectivity index is 1.43. The van der Waals surface area contributed by atoms with Crippen molar-refractivity contribution in [3.05, 3.63) is 58.5 Å². The number of aromatic nitrogens is 5. The monoisotopic (exact) mass is 389 g/mol. The minimum Gasteiger partial charge on any atom is -0.408 e. The minimum absolute atomic E-state index is 0.408. The third-order valence-electron chi connectivity index (χ3n) is 4.42. The van der Waals surface area contributed by atoms with Gasteiger partial charge in [0.05, 0.1) is 28.5 Å². The summed E-state index contributed by atoms with van der Waals surface area (Å²) in [5.41, 5.74) is 4.67. The van der Waals surface area contributed by atoms with Crippen LogP contribution in [0.2, 0.25) is 0 Å². The fourth-order valence-corrected chi connectivity index (χ4v) is 2.94. The van der Waals surface area contributed by atoms with Crippen LogP contribution in [0.1, 0.15) is 11.3 Å². The Labute approximate surface area is 163 Å². The number of anilines is 4. The van der Waals surface area contributed by atoms with Gasteiger partial charge in [-0.15, -0.1) is 0 Å². The summed E-state index contributed by atoms with van der Waals surface area (Å²) in [7, 11) is 0. The number of aryl methyl sites for hydroxylation is 2. The standard InChI is InChI=1S/C19H15N7O3/c1-9-7-21-18(23-12-5-13-10(2)26-29-17(13)20-8-12)25-16(9)22-11-3-4-15-14(6-11)24-19(27)28-15/h3-8H,1-2H3,(H,24,27)(H2,21,22,23,25). The number of hydrogen-bond acceptors (Lipinski definition) is 9. The molecule has 0 spiro atoms. The first-order chi connectivity index (χ1) is 14.0. The van der Waals surface area contributed by atoms with E-state index in [4.69, 9.17) is 8.94 Å². The summed E-state index contributed by atoms with van der Waals surface area (Å²) >= 11 is 0. The van der Waals surface area contributed by atoms with E-state index in [2.05, 4.69) is 35.7 Å². The fourth-order valence-electron chi connectivity index (χ4n) is 2.94. The highest BCUT2D eigenvalue weighted by Gasteiger charge is 2.10. The van der Waals surface area contributed by atoms with Crippen molar-refractivity contribution in [1.82, 2.24) is 25.1 Å². The van der Waals surface area contributed by atoms with E-state index in [1.54, 1.807) is 30.6 Å². The highest BCUT2D eigenvalue weighted by atomic mass is 16.5. The van der Waals surface area contributed by atoms with Gasteiger partial charge in [0.15, 0.2) is 5.58 Å². The van der Waals surface area contributed by atoms with E-state index in [0.717, 1.165) is 28.0 Å². The molecule has 5 aromatic rings. The SMILES string of the molecule is Cc1cnc(Nc2cnc3onc(C)c3c2)nc1Nc1ccc2oc(=O)[nH]c2c1. The van der Waals surface area contributed by atoms with Gasteiger partial charge in [-0.05, 0) is 38.1 Å². The number of pyridine rings is 1. The quantitative estimate of drug-likeness (QED) is 0.421. The van der Waals surface area contributed by atoms with Gasteiger partial charge in [0, 0.05) is 17.4 Å². The van der Waals surface area contributed by atoms with Gasteiger partial charge in [0.25, 0.3) is 5.71 Å². The first kappa shape index (κ1) is 16.9. The normalized spacial score (nSPS) is 11.2. The van der Waals surface area contributed by atoms with Crippen LogP contribution in [-0.2, 0) is 0 Å². The van der Waals surface area contributed by atoms with E-state index in [1.165, 1.54) is 0 Å². The zero-order valence-corrected chi connectivity index (χ0v) is 15.5. The average molecular weight is 389 g/mol. The first-order valence-corrected chi connectivity index (χ1v) is 8.78. The predicted octanol–water partition coefficient (Wildman–Crippen LogP) is 3.55. The van der Waals surface area contributed by atoms with Crippen molar-refractivity contribution in [1.29, 1.82) is 0 Å². The van der Waals surface area contributed by atoms with E-state index in [-0.39, 0.29) is 0 Å². The summed E-state index contributed by atoms with van der Waals surface area (Å²) in [4.78, 5) is 27.1. The van der Waals surface area contributed by atoms with Gasteiger partial charge >= 0.3 is 5.76 Å². The molecule has 10 nitrogen and oxygen atoms in total. The maximum atomic E-state index is 11.3. The zero-order chi connectivity index (χ0) is 20.0. The largest absolute Gasteiger partial charge is 0.417 e. The third kappa shape index (κ3) is 3.16. The maximum Gasteiger partial charge on any atom is 0.417 e. The maximum absolute atomic E-state index is 11.3. The summed E-state index contributed by atoms with van der Waals surface area (Å²) in [6.07, 6.45) is 3.35. The highest BCUT2D eigenvalue weighted by molar-refractivity contribution is 5.80. The Morgan fingerprint density at radius 1 is 1.03 bits per heavy atom. The molecule has 3 N–H and O–H groups in total. The van der Waals surface area contributed by atoms with E-state index in [0.29, 0.717) is 28.6 Å². The number of nitrogens with one attached hydrogen (secondary N) is 3. The lowest BCUT2D eigenvalue weighted by atomic mass is 10.2. The molecule has 0 amide bonds. The smallest absolute Gasteiger partial charge is 0.408 e. The second-order valence-electron chi connectivity index (χ2n) is 6.55. The van der Waals surface area contributed by atoms with E-state index >= 15 is 0 Å². The Hall–Kier alpha value is -4.21. The summed E-state index contributed by atoms with van der Waals surface area (Å²) in [5.74, 6) is 0.546. The van der Waals surface area contributed by atoms with Crippen molar-refractivity contribution in [2.24, 2.45) is 0 Å². The Morgan fingerprint density at radius 3 is 2.83 bits per heavy atom. The first-order valence-electron chi connectivity index (χ1n) is 8.78. The van der Waals surface area contributed by atoms with Gasteiger partial charge in [-0.2, -0.15) is 4.98 Å². The number of nitrogens with zero attached hydrogens (tertiary/aromatic N) is 4. The molecule has 0 aliphatic rings. The number of benzene rings is 1. The molecule has 0 fully saturated rings. The third-order valence-corrected chi connectivity index (χ3v) is 4.42. The van der Waals surface area contributed by atoms with Crippen LogP contribution in [-0.4, -0.2) is 25.1 Å². The van der Waals surface area contributed by atoms with Crippen molar-refractivity contribution in [2.75, 3.05) is 10.6 Å². The summed E-state index contributed by atoms with van der Waals surface area (Å²) in [6, 6.07) is 7.18. The average Bonchev–Trinajstić information content (AvgIpc) is 3.26. The molecule has 4 aromatic heterocycles. The van der Waals surface area contributed by atoms with E-state index in [1.807, 2.05) is 19.9 Å². The van der Waals surface area contributed by atoms with Gasteiger partial charge in [-0.1, -0.05) is 5.16 Å². The van der Waals surface area contributed by atoms with Gasteiger partial charge in [-0.25, -0.2) is 14.8 Å². The molecule has 0 saturated carbocycles. The minimum atomic E-state index is -0.490.